The third kappa shape index (κ3) is 3.09. The number of pyridine rings is 2. The van der Waals surface area contributed by atoms with Crippen LogP contribution in [0.25, 0.3) is 16.9 Å². The number of fused-ring (bicyclic) bond motifs is 1. The number of nitrogens with zero attached hydrogens (tertiary/aromatic N) is 4. The Morgan fingerprint density at radius 3 is 2.88 bits per heavy atom. The lowest BCUT2D eigenvalue weighted by atomic mass is 10.1. The smallest absolute Gasteiger partial charge is 0.152 e. The Morgan fingerprint density at radius 1 is 1.12 bits per heavy atom. The normalized spacial score (nSPS) is 16.4. The topological polar surface area (TPSA) is 45.5 Å². The van der Waals surface area contributed by atoms with Gasteiger partial charge in [0.05, 0.1) is 15.9 Å². The molecule has 0 spiro atoms. The molecule has 0 aromatic carbocycles. The maximum atomic E-state index is 4.92. The van der Waals surface area contributed by atoms with E-state index in [1.807, 2.05) is 30.6 Å². The van der Waals surface area contributed by atoms with E-state index in [1.54, 1.807) is 0 Å². The maximum absolute atomic E-state index is 4.92. The summed E-state index contributed by atoms with van der Waals surface area (Å²) in [6, 6.07) is 8.16. The van der Waals surface area contributed by atoms with Crippen LogP contribution in [0.2, 0.25) is 0 Å². The minimum Gasteiger partial charge on any atom is -0.315 e. The van der Waals surface area contributed by atoms with Crippen LogP contribution in [0, 0.1) is 0 Å². The first kappa shape index (κ1) is 15.7. The third-order valence-electron chi connectivity index (χ3n) is 4.46. The predicted octanol–water partition coefficient (Wildman–Crippen LogP) is 2.95. The van der Waals surface area contributed by atoms with Crippen molar-refractivity contribution in [3.05, 3.63) is 53.0 Å². The molecule has 0 saturated carbocycles. The van der Waals surface area contributed by atoms with E-state index < -0.39 is 0 Å². The fourth-order valence-corrected chi connectivity index (χ4v) is 3.68. The highest BCUT2D eigenvalue weighted by Gasteiger charge is 2.19. The van der Waals surface area contributed by atoms with Gasteiger partial charge in [0.15, 0.2) is 5.65 Å². The molecule has 0 radical (unpaired) electrons. The Hall–Kier alpha value is -1.76. The number of aromatic nitrogens is 3. The average molecular weight is 386 g/mol. The van der Waals surface area contributed by atoms with Gasteiger partial charge in [-0.25, -0.2) is 4.98 Å². The molecule has 0 aliphatic carbocycles. The van der Waals surface area contributed by atoms with Gasteiger partial charge in [0.2, 0.25) is 0 Å². The molecule has 5 nitrogen and oxygen atoms in total. The molecule has 0 unspecified atom stereocenters. The summed E-state index contributed by atoms with van der Waals surface area (Å²) >= 11 is 3.64. The lowest BCUT2D eigenvalue weighted by Crippen LogP contribution is -2.28. The molecule has 1 aliphatic rings. The molecule has 1 aliphatic heterocycles. The predicted molar refractivity (Wildman–Crippen MR) is 98.9 cm³/mol. The summed E-state index contributed by atoms with van der Waals surface area (Å²) < 4.78 is 3.22. The summed E-state index contributed by atoms with van der Waals surface area (Å²) in [5, 5.41) is 3.47. The minimum absolute atomic E-state index is 0.900. The van der Waals surface area contributed by atoms with E-state index in [4.69, 9.17) is 4.98 Å². The van der Waals surface area contributed by atoms with Crippen LogP contribution in [-0.4, -0.2) is 45.4 Å². The van der Waals surface area contributed by atoms with Gasteiger partial charge in [-0.05, 0) is 59.7 Å². The van der Waals surface area contributed by atoms with Crippen molar-refractivity contribution >= 4 is 21.6 Å². The summed E-state index contributed by atoms with van der Waals surface area (Å²) in [6.45, 7) is 5.23. The summed E-state index contributed by atoms with van der Waals surface area (Å²) in [7, 11) is 0. The van der Waals surface area contributed by atoms with Crippen molar-refractivity contribution < 1.29 is 0 Å². The van der Waals surface area contributed by atoms with Gasteiger partial charge in [0.1, 0.15) is 0 Å². The highest BCUT2D eigenvalue weighted by atomic mass is 79.9. The molecule has 3 aromatic rings. The van der Waals surface area contributed by atoms with Crippen LogP contribution >= 0.6 is 15.9 Å². The molecule has 1 saturated heterocycles. The first-order chi connectivity index (χ1) is 11.8. The Labute approximate surface area is 149 Å². The Bertz CT molecular complexity index is 822. The van der Waals surface area contributed by atoms with Gasteiger partial charge < -0.3 is 9.72 Å². The van der Waals surface area contributed by atoms with Crippen molar-refractivity contribution in [2.24, 2.45) is 0 Å². The summed E-state index contributed by atoms with van der Waals surface area (Å²) in [4.78, 5) is 11.6. The maximum Gasteiger partial charge on any atom is 0.152 e. The molecule has 3 aromatic heterocycles. The Morgan fingerprint density at radius 2 is 2.00 bits per heavy atom. The van der Waals surface area contributed by atoms with Crippen LogP contribution < -0.4 is 5.32 Å². The number of halogens is 1. The van der Waals surface area contributed by atoms with E-state index in [0.29, 0.717) is 0 Å². The quantitative estimate of drug-likeness (QED) is 0.752. The second kappa shape index (κ2) is 7.01. The second-order valence-corrected chi connectivity index (χ2v) is 6.93. The highest BCUT2D eigenvalue weighted by molar-refractivity contribution is 9.10. The van der Waals surface area contributed by atoms with Gasteiger partial charge in [0, 0.05) is 43.8 Å². The highest BCUT2D eigenvalue weighted by Crippen LogP contribution is 2.28. The molecule has 4 heterocycles. The van der Waals surface area contributed by atoms with Crippen LogP contribution in [0.3, 0.4) is 0 Å². The average Bonchev–Trinajstić information content (AvgIpc) is 2.79. The number of hydrogen-bond donors (Lipinski definition) is 1. The van der Waals surface area contributed by atoms with Gasteiger partial charge in [0.25, 0.3) is 0 Å². The molecule has 0 bridgehead atoms. The van der Waals surface area contributed by atoms with E-state index in [2.05, 4.69) is 47.8 Å². The zero-order valence-electron chi connectivity index (χ0n) is 13.5. The van der Waals surface area contributed by atoms with E-state index in [-0.39, 0.29) is 0 Å². The van der Waals surface area contributed by atoms with Crippen LogP contribution in [0.4, 0.5) is 0 Å². The van der Waals surface area contributed by atoms with Gasteiger partial charge in [-0.15, -0.1) is 0 Å². The van der Waals surface area contributed by atoms with Crippen molar-refractivity contribution in [3.63, 3.8) is 0 Å². The number of nitrogens with one attached hydrogen (secondary N) is 1. The zero-order valence-corrected chi connectivity index (χ0v) is 15.0. The standard InChI is InChI=1S/C18H20BrN5/c19-15-3-1-11-24-16(13-23-10-2-6-20-9-12-23)17(22-18(15)24)14-4-7-21-8-5-14/h1,3-5,7-8,11,20H,2,6,9-10,12-13H2. The van der Waals surface area contributed by atoms with Gasteiger partial charge in [-0.2, -0.15) is 0 Å². The third-order valence-corrected chi connectivity index (χ3v) is 5.08. The summed E-state index contributed by atoms with van der Waals surface area (Å²) in [5.41, 5.74) is 4.36. The second-order valence-electron chi connectivity index (χ2n) is 6.07. The van der Waals surface area contributed by atoms with E-state index in [0.717, 1.165) is 54.1 Å². The molecule has 6 heteroatoms. The Kier molecular flexibility index (Phi) is 4.60. The van der Waals surface area contributed by atoms with E-state index in [9.17, 15) is 0 Å². The van der Waals surface area contributed by atoms with Gasteiger partial charge in [-0.3, -0.25) is 9.88 Å². The molecule has 0 atom stereocenters. The zero-order chi connectivity index (χ0) is 16.4. The molecule has 4 rings (SSSR count). The fraction of sp³-hybridized carbons (Fsp3) is 0.333. The molecular formula is C18H20BrN5. The SMILES string of the molecule is Brc1cccn2c(CN3CCCNCC3)c(-c3ccncc3)nc12. The van der Waals surface area contributed by atoms with Crippen molar-refractivity contribution in [2.75, 3.05) is 26.2 Å². The van der Waals surface area contributed by atoms with Crippen molar-refractivity contribution in [1.29, 1.82) is 0 Å². The van der Waals surface area contributed by atoms with Crippen LogP contribution in [0.5, 0.6) is 0 Å². The largest absolute Gasteiger partial charge is 0.315 e. The summed E-state index contributed by atoms with van der Waals surface area (Å²) in [5.74, 6) is 0. The molecule has 1 fully saturated rings. The number of hydrogen-bond acceptors (Lipinski definition) is 4. The Balaban J connectivity index is 1.80. The monoisotopic (exact) mass is 385 g/mol. The van der Waals surface area contributed by atoms with Gasteiger partial charge in [-0.1, -0.05) is 0 Å². The lowest BCUT2D eigenvalue weighted by molar-refractivity contribution is 0.281. The first-order valence-corrected chi connectivity index (χ1v) is 9.11. The van der Waals surface area contributed by atoms with Crippen molar-refractivity contribution in [2.45, 2.75) is 13.0 Å². The lowest BCUT2D eigenvalue weighted by Gasteiger charge is -2.20. The van der Waals surface area contributed by atoms with Crippen molar-refractivity contribution in [3.8, 4) is 11.3 Å². The number of imidazole rings is 1. The minimum atomic E-state index is 0.900. The molecular weight excluding hydrogens is 366 g/mol. The molecule has 24 heavy (non-hydrogen) atoms. The number of rotatable bonds is 3. The van der Waals surface area contributed by atoms with Crippen LogP contribution in [-0.2, 0) is 6.54 Å². The molecule has 124 valence electrons. The molecule has 1 N–H and O–H groups in total. The van der Waals surface area contributed by atoms with Crippen molar-refractivity contribution in [1.82, 2.24) is 24.6 Å². The first-order valence-electron chi connectivity index (χ1n) is 8.32. The van der Waals surface area contributed by atoms with Crippen LogP contribution in [0.15, 0.2) is 47.3 Å². The summed E-state index contributed by atoms with van der Waals surface area (Å²) in [6.07, 6.45) is 6.94. The van der Waals surface area contributed by atoms with E-state index in [1.165, 1.54) is 12.1 Å². The van der Waals surface area contributed by atoms with E-state index >= 15 is 0 Å². The van der Waals surface area contributed by atoms with Crippen LogP contribution in [0.1, 0.15) is 12.1 Å². The fourth-order valence-electron chi connectivity index (χ4n) is 3.25. The molecule has 0 amide bonds. The van der Waals surface area contributed by atoms with Gasteiger partial charge >= 0.3 is 0 Å².